The molecule has 6 nitrogen and oxygen atoms in total. The van der Waals surface area contributed by atoms with E-state index >= 15 is 0 Å². The van der Waals surface area contributed by atoms with E-state index in [4.69, 9.17) is 0 Å². The Morgan fingerprint density at radius 1 is 1.38 bits per heavy atom. The maximum Gasteiger partial charge on any atom is 0.220 e. The van der Waals surface area contributed by atoms with Crippen molar-refractivity contribution >= 4 is 11.9 Å². The van der Waals surface area contributed by atoms with Gasteiger partial charge in [-0.3, -0.25) is 9.79 Å². The van der Waals surface area contributed by atoms with Crippen LogP contribution in [0.2, 0.25) is 0 Å². The lowest BCUT2D eigenvalue weighted by Gasteiger charge is -2.34. The van der Waals surface area contributed by atoms with Gasteiger partial charge in [0.25, 0.3) is 0 Å². The van der Waals surface area contributed by atoms with Crippen LogP contribution in [0.25, 0.3) is 0 Å². The number of amides is 1. The number of aliphatic hydroxyl groups is 1. The summed E-state index contributed by atoms with van der Waals surface area (Å²) in [7, 11) is 1.69. The molecule has 0 saturated carbocycles. The number of carbonyl (C=O) groups is 1. The molecule has 1 saturated heterocycles. The molecule has 144 valence electrons. The van der Waals surface area contributed by atoms with Gasteiger partial charge in [-0.1, -0.05) is 29.8 Å². The molecule has 1 amide bonds. The monoisotopic (exact) mass is 360 g/mol. The summed E-state index contributed by atoms with van der Waals surface area (Å²) in [6.45, 7) is 6.96. The van der Waals surface area contributed by atoms with Crippen molar-refractivity contribution in [2.45, 2.75) is 39.2 Å². The van der Waals surface area contributed by atoms with E-state index in [0.29, 0.717) is 18.9 Å². The molecular weight excluding hydrogens is 328 g/mol. The Balaban J connectivity index is 1.93. The quantitative estimate of drug-likeness (QED) is 0.534. The Labute approximate surface area is 156 Å². The molecule has 1 unspecified atom stereocenters. The number of guanidine groups is 1. The minimum Gasteiger partial charge on any atom is -0.386 e. The number of likely N-dealkylation sites (tertiary alicyclic amines) is 1. The number of nitrogens with zero attached hydrogens (tertiary/aromatic N) is 2. The first-order chi connectivity index (χ1) is 12.5. The zero-order chi connectivity index (χ0) is 18.9. The number of nitrogens with one attached hydrogen (secondary N) is 2. The number of hydrogen-bond acceptors (Lipinski definition) is 3. The van der Waals surface area contributed by atoms with Gasteiger partial charge in [0, 0.05) is 33.1 Å². The summed E-state index contributed by atoms with van der Waals surface area (Å²) >= 11 is 0. The average Bonchev–Trinajstić information content (AvgIpc) is 2.65. The SMILES string of the molecule is CCNC(=NCC(O)c1cccc(C)c1)N1CCC(CC(=O)NC)CC1. The van der Waals surface area contributed by atoms with E-state index in [2.05, 4.69) is 20.5 Å². The topological polar surface area (TPSA) is 77.0 Å². The maximum atomic E-state index is 11.5. The standard InChI is InChI=1S/C20H32N4O2/c1-4-22-20(23-14-18(25)17-7-5-6-15(2)12-17)24-10-8-16(9-11-24)13-19(26)21-3/h5-7,12,16,18,25H,4,8-11,13-14H2,1-3H3,(H,21,26)(H,22,23). The fraction of sp³-hybridized carbons (Fsp3) is 0.600. The molecule has 0 aliphatic carbocycles. The van der Waals surface area contributed by atoms with Crippen molar-refractivity contribution in [2.75, 3.05) is 33.2 Å². The van der Waals surface area contributed by atoms with E-state index in [-0.39, 0.29) is 5.91 Å². The van der Waals surface area contributed by atoms with Gasteiger partial charge in [-0.05, 0) is 38.2 Å². The average molecular weight is 361 g/mol. The number of rotatable bonds is 6. The molecule has 1 heterocycles. The van der Waals surface area contributed by atoms with Crippen LogP contribution < -0.4 is 10.6 Å². The highest BCUT2D eigenvalue weighted by Crippen LogP contribution is 2.21. The zero-order valence-corrected chi connectivity index (χ0v) is 16.2. The van der Waals surface area contributed by atoms with Crippen molar-refractivity contribution in [1.82, 2.24) is 15.5 Å². The number of benzene rings is 1. The molecule has 3 N–H and O–H groups in total. The van der Waals surface area contributed by atoms with E-state index in [9.17, 15) is 9.90 Å². The fourth-order valence-electron chi connectivity index (χ4n) is 3.29. The van der Waals surface area contributed by atoms with E-state index in [1.807, 2.05) is 38.1 Å². The molecule has 0 spiro atoms. The molecule has 26 heavy (non-hydrogen) atoms. The van der Waals surface area contributed by atoms with Gasteiger partial charge in [-0.2, -0.15) is 0 Å². The van der Waals surface area contributed by atoms with Crippen LogP contribution in [0.15, 0.2) is 29.3 Å². The molecule has 2 rings (SSSR count). The first kappa shape index (κ1) is 20.2. The predicted molar refractivity (Wildman–Crippen MR) is 105 cm³/mol. The lowest BCUT2D eigenvalue weighted by molar-refractivity contribution is -0.121. The van der Waals surface area contributed by atoms with Gasteiger partial charge in [-0.15, -0.1) is 0 Å². The Morgan fingerprint density at radius 3 is 2.73 bits per heavy atom. The second-order valence-corrected chi connectivity index (χ2v) is 6.93. The molecule has 1 aliphatic heterocycles. The minimum atomic E-state index is -0.602. The Bertz CT molecular complexity index is 610. The molecule has 1 fully saturated rings. The van der Waals surface area contributed by atoms with Crippen LogP contribution in [0.3, 0.4) is 0 Å². The Kier molecular flexibility index (Phi) is 7.91. The lowest BCUT2D eigenvalue weighted by atomic mass is 9.93. The van der Waals surface area contributed by atoms with E-state index in [1.165, 1.54) is 0 Å². The van der Waals surface area contributed by atoms with Crippen LogP contribution in [0, 0.1) is 12.8 Å². The molecule has 1 aromatic carbocycles. The normalized spacial score (nSPS) is 17.1. The molecule has 0 radical (unpaired) electrons. The molecule has 6 heteroatoms. The highest BCUT2D eigenvalue weighted by atomic mass is 16.3. The first-order valence-electron chi connectivity index (χ1n) is 9.52. The molecule has 0 bridgehead atoms. The van der Waals surface area contributed by atoms with Crippen LogP contribution in [-0.4, -0.2) is 55.1 Å². The van der Waals surface area contributed by atoms with Crippen molar-refractivity contribution in [2.24, 2.45) is 10.9 Å². The molecule has 1 aromatic rings. The molecule has 1 atom stereocenters. The maximum absolute atomic E-state index is 11.5. The van der Waals surface area contributed by atoms with Gasteiger partial charge in [0.05, 0.1) is 12.6 Å². The molecule has 0 aromatic heterocycles. The van der Waals surface area contributed by atoms with Crippen LogP contribution in [-0.2, 0) is 4.79 Å². The summed E-state index contributed by atoms with van der Waals surface area (Å²) in [5.74, 6) is 1.40. The minimum absolute atomic E-state index is 0.116. The summed E-state index contributed by atoms with van der Waals surface area (Å²) in [6.07, 6.45) is 1.97. The zero-order valence-electron chi connectivity index (χ0n) is 16.2. The number of aliphatic imine (C=N–C) groups is 1. The summed E-state index contributed by atoms with van der Waals surface area (Å²) in [5.41, 5.74) is 2.03. The van der Waals surface area contributed by atoms with Gasteiger partial charge in [0.2, 0.25) is 5.91 Å². The largest absolute Gasteiger partial charge is 0.386 e. The third kappa shape index (κ3) is 6.02. The van der Waals surface area contributed by atoms with Crippen LogP contribution in [0.1, 0.15) is 43.4 Å². The number of carbonyl (C=O) groups excluding carboxylic acids is 1. The van der Waals surface area contributed by atoms with Gasteiger partial charge in [0.15, 0.2) is 5.96 Å². The Hall–Kier alpha value is -2.08. The predicted octanol–water partition coefficient (Wildman–Crippen LogP) is 1.84. The summed E-state index contributed by atoms with van der Waals surface area (Å²) in [5, 5.41) is 16.5. The van der Waals surface area contributed by atoms with Gasteiger partial charge < -0.3 is 20.6 Å². The second-order valence-electron chi connectivity index (χ2n) is 6.93. The second kappa shape index (κ2) is 10.2. The van der Waals surface area contributed by atoms with Crippen molar-refractivity contribution < 1.29 is 9.90 Å². The number of aliphatic hydroxyl groups excluding tert-OH is 1. The third-order valence-corrected chi connectivity index (χ3v) is 4.84. The number of aryl methyl sites for hydroxylation is 1. The highest BCUT2D eigenvalue weighted by Gasteiger charge is 2.23. The van der Waals surface area contributed by atoms with E-state index < -0.39 is 6.10 Å². The summed E-state index contributed by atoms with van der Waals surface area (Å²) < 4.78 is 0. The van der Waals surface area contributed by atoms with Crippen LogP contribution in [0.5, 0.6) is 0 Å². The van der Waals surface area contributed by atoms with Crippen molar-refractivity contribution in [3.63, 3.8) is 0 Å². The fourth-order valence-corrected chi connectivity index (χ4v) is 3.29. The number of hydrogen-bond donors (Lipinski definition) is 3. The van der Waals surface area contributed by atoms with Crippen LogP contribution in [0.4, 0.5) is 0 Å². The smallest absolute Gasteiger partial charge is 0.220 e. The van der Waals surface area contributed by atoms with E-state index in [1.54, 1.807) is 7.05 Å². The first-order valence-corrected chi connectivity index (χ1v) is 9.52. The van der Waals surface area contributed by atoms with E-state index in [0.717, 1.165) is 49.6 Å². The highest BCUT2D eigenvalue weighted by molar-refractivity contribution is 5.80. The van der Waals surface area contributed by atoms with Crippen molar-refractivity contribution in [3.05, 3.63) is 35.4 Å². The number of piperidine rings is 1. The van der Waals surface area contributed by atoms with Gasteiger partial charge in [-0.25, -0.2) is 0 Å². The molecular formula is C20H32N4O2. The summed E-state index contributed by atoms with van der Waals surface area (Å²) in [4.78, 5) is 18.4. The Morgan fingerprint density at radius 2 is 2.12 bits per heavy atom. The van der Waals surface area contributed by atoms with Gasteiger partial charge >= 0.3 is 0 Å². The van der Waals surface area contributed by atoms with Gasteiger partial charge in [0.1, 0.15) is 0 Å². The lowest BCUT2D eigenvalue weighted by Crippen LogP contribution is -2.46. The van der Waals surface area contributed by atoms with Crippen molar-refractivity contribution in [1.29, 1.82) is 0 Å². The third-order valence-electron chi connectivity index (χ3n) is 4.84. The van der Waals surface area contributed by atoms with Crippen LogP contribution >= 0.6 is 0 Å². The summed E-state index contributed by atoms with van der Waals surface area (Å²) in [6, 6.07) is 7.91. The molecule has 1 aliphatic rings. The van der Waals surface area contributed by atoms with Crippen molar-refractivity contribution in [3.8, 4) is 0 Å².